The second-order valence-electron chi connectivity index (χ2n) is 11.9. The molecule has 0 aliphatic rings. The van der Waals surface area contributed by atoms with Gasteiger partial charge in [0, 0.05) is 19.3 Å². The molecule has 6 rings (SSSR count). The van der Waals surface area contributed by atoms with Crippen LogP contribution in [-0.2, 0) is 19.3 Å². The Balaban J connectivity index is 1.50. The highest BCUT2D eigenvalue weighted by Gasteiger charge is 2.25. The fraction of sp³-hybridized carbons (Fsp3) is 0.250. The van der Waals surface area contributed by atoms with Crippen LogP contribution in [0.2, 0.25) is 0 Å². The van der Waals surface area contributed by atoms with Crippen LogP contribution >= 0.6 is 0 Å². The molecule has 3 heterocycles. The van der Waals surface area contributed by atoms with Crippen molar-refractivity contribution in [2.75, 3.05) is 0 Å². The third-order valence-corrected chi connectivity index (χ3v) is 9.07. The van der Waals surface area contributed by atoms with Gasteiger partial charge in [-0.15, -0.1) is 0 Å². The fourth-order valence-electron chi connectivity index (χ4n) is 6.58. The molecule has 0 amide bonds. The molecule has 0 aliphatic carbocycles. The Morgan fingerprint density at radius 2 is 0.674 bits per heavy atom. The summed E-state index contributed by atoms with van der Waals surface area (Å²) in [6.45, 7) is 13.0. The lowest BCUT2D eigenvalue weighted by atomic mass is 9.91. The summed E-state index contributed by atoms with van der Waals surface area (Å²) in [5, 5.41) is 15.7. The van der Waals surface area contributed by atoms with E-state index in [2.05, 4.69) is 146 Å². The Hall–Kier alpha value is -4.65. The number of benzene rings is 3. The van der Waals surface area contributed by atoms with Crippen LogP contribution in [0.1, 0.15) is 67.5 Å². The maximum absolute atomic E-state index is 5.22. The lowest BCUT2D eigenvalue weighted by molar-refractivity contribution is 0.729. The van der Waals surface area contributed by atoms with Gasteiger partial charge in [0.15, 0.2) is 0 Å². The van der Waals surface area contributed by atoms with Crippen molar-refractivity contribution < 1.29 is 0 Å². The van der Waals surface area contributed by atoms with Gasteiger partial charge in [-0.1, -0.05) is 91.0 Å². The van der Waals surface area contributed by atoms with Crippen LogP contribution in [0.15, 0.2) is 91.0 Å². The zero-order valence-corrected chi connectivity index (χ0v) is 26.2. The normalized spacial score (nSPS) is 11.5. The Bertz CT molecular complexity index is 1630. The molecule has 3 aromatic heterocycles. The molecule has 0 N–H and O–H groups in total. The van der Waals surface area contributed by atoms with E-state index in [1.807, 2.05) is 0 Å². The topological polar surface area (TPSA) is 53.5 Å². The van der Waals surface area contributed by atoms with Gasteiger partial charge >= 0.3 is 7.12 Å². The average Bonchev–Trinajstić information content (AvgIpc) is 3.57. The van der Waals surface area contributed by atoms with E-state index in [0.717, 1.165) is 53.4 Å². The number of nitrogens with zero attached hydrogens (tertiary/aromatic N) is 6. The molecular weight excluding hydrogens is 527 g/mol. The number of rotatable bonds is 9. The molecule has 0 radical (unpaired) electrons. The number of aromatic nitrogens is 6. The van der Waals surface area contributed by atoms with Gasteiger partial charge in [-0.3, -0.25) is 0 Å². The average molecular weight is 568 g/mol. The standard InChI is InChI=1S/C36H40BN6/c1-25-34(22-31-16-10-7-11-17-31)28(4)41(38-25)37(42-29(5)35(26(2)39-42)23-32-18-12-8-13-19-32)43-30(6)36(27(3)40-43)24-33-20-14-9-15-21-33/h7-21,37H,22-24H2,1-6H3/q-1. The molecule has 218 valence electrons. The molecule has 0 aliphatic heterocycles. The predicted octanol–water partition coefficient (Wildman–Crippen LogP) is 6.56. The molecule has 0 saturated heterocycles. The SMILES string of the molecule is Cc1nn([BH-](n2nc(C)c(Cc3ccccc3)c2C)n2nc(C)c(Cc3ccccc3)c2C)c(C)c1Cc1ccccc1. The Labute approximate surface area is 255 Å². The zero-order chi connectivity index (χ0) is 30.1. The second kappa shape index (κ2) is 11.9. The van der Waals surface area contributed by atoms with Crippen LogP contribution in [0.25, 0.3) is 0 Å². The Kier molecular flexibility index (Phi) is 7.89. The minimum Gasteiger partial charge on any atom is -0.400 e. The van der Waals surface area contributed by atoms with E-state index in [9.17, 15) is 0 Å². The number of hydrogen-bond acceptors (Lipinski definition) is 3. The van der Waals surface area contributed by atoms with Crippen LogP contribution in [-0.4, -0.2) is 36.2 Å². The maximum Gasteiger partial charge on any atom is 0.326 e. The minimum atomic E-state index is -1.57. The molecule has 3 aromatic carbocycles. The zero-order valence-electron chi connectivity index (χ0n) is 26.2. The third kappa shape index (κ3) is 5.59. The smallest absolute Gasteiger partial charge is 0.326 e. The molecule has 6 nitrogen and oxygen atoms in total. The molecule has 0 bridgehead atoms. The van der Waals surface area contributed by atoms with Gasteiger partial charge < -0.3 is 13.8 Å². The van der Waals surface area contributed by atoms with Gasteiger partial charge in [0.25, 0.3) is 0 Å². The van der Waals surface area contributed by atoms with Gasteiger partial charge in [-0.25, -0.2) is 15.3 Å². The molecule has 7 heteroatoms. The van der Waals surface area contributed by atoms with Crippen LogP contribution in [0, 0.1) is 41.5 Å². The van der Waals surface area contributed by atoms with Gasteiger partial charge in [0.05, 0.1) is 17.1 Å². The van der Waals surface area contributed by atoms with Crippen molar-refractivity contribution in [1.82, 2.24) is 29.1 Å². The highest BCUT2D eigenvalue weighted by Crippen LogP contribution is 2.25. The van der Waals surface area contributed by atoms with E-state index in [1.165, 1.54) is 33.4 Å². The molecule has 0 spiro atoms. The first kappa shape index (κ1) is 28.5. The summed E-state index contributed by atoms with van der Waals surface area (Å²) in [7, 11) is -1.57. The molecule has 6 aromatic rings. The van der Waals surface area contributed by atoms with Crippen molar-refractivity contribution in [1.29, 1.82) is 0 Å². The Morgan fingerprint density at radius 3 is 0.930 bits per heavy atom. The van der Waals surface area contributed by atoms with E-state index in [1.54, 1.807) is 0 Å². The number of aryl methyl sites for hydroxylation is 3. The van der Waals surface area contributed by atoms with E-state index in [4.69, 9.17) is 15.3 Å². The summed E-state index contributed by atoms with van der Waals surface area (Å²) in [5.74, 6) is 0. The Morgan fingerprint density at radius 1 is 0.419 bits per heavy atom. The van der Waals surface area contributed by atoms with E-state index < -0.39 is 7.12 Å². The van der Waals surface area contributed by atoms with Crippen LogP contribution in [0.3, 0.4) is 0 Å². The third-order valence-electron chi connectivity index (χ3n) is 9.07. The maximum atomic E-state index is 5.22. The van der Waals surface area contributed by atoms with Crippen molar-refractivity contribution in [3.05, 3.63) is 159 Å². The highest BCUT2D eigenvalue weighted by atomic mass is 15.5. The quantitative estimate of drug-likeness (QED) is 0.186. The lowest BCUT2D eigenvalue weighted by Gasteiger charge is -2.31. The number of hydrogen-bond donors (Lipinski definition) is 0. The fourth-order valence-corrected chi connectivity index (χ4v) is 6.58. The largest absolute Gasteiger partial charge is 0.400 e. The first-order chi connectivity index (χ1) is 20.8. The minimum absolute atomic E-state index is 0.845. The van der Waals surface area contributed by atoms with E-state index in [-0.39, 0.29) is 0 Å². The van der Waals surface area contributed by atoms with Crippen molar-refractivity contribution in [2.45, 2.75) is 60.8 Å². The lowest BCUT2D eigenvalue weighted by Crippen LogP contribution is -2.46. The molecule has 43 heavy (non-hydrogen) atoms. The summed E-state index contributed by atoms with van der Waals surface area (Å²) in [6.07, 6.45) is 2.53. The first-order valence-corrected chi connectivity index (χ1v) is 15.2. The summed E-state index contributed by atoms with van der Waals surface area (Å²) >= 11 is 0. The summed E-state index contributed by atoms with van der Waals surface area (Å²) in [5.41, 5.74) is 14.3. The van der Waals surface area contributed by atoms with Crippen molar-refractivity contribution >= 4 is 7.12 Å². The van der Waals surface area contributed by atoms with Crippen LogP contribution in [0.5, 0.6) is 0 Å². The van der Waals surface area contributed by atoms with Crippen LogP contribution in [0.4, 0.5) is 0 Å². The molecule has 0 unspecified atom stereocenters. The monoisotopic (exact) mass is 567 g/mol. The first-order valence-electron chi connectivity index (χ1n) is 15.2. The van der Waals surface area contributed by atoms with Gasteiger partial charge in [-0.2, -0.15) is 0 Å². The van der Waals surface area contributed by atoms with Gasteiger partial charge in [0.2, 0.25) is 0 Å². The van der Waals surface area contributed by atoms with Gasteiger partial charge in [-0.05, 0) is 92.0 Å². The summed E-state index contributed by atoms with van der Waals surface area (Å²) in [6, 6.07) is 32.0. The predicted molar refractivity (Wildman–Crippen MR) is 176 cm³/mol. The van der Waals surface area contributed by atoms with E-state index in [0.29, 0.717) is 0 Å². The molecule has 0 atom stereocenters. The highest BCUT2D eigenvalue weighted by molar-refractivity contribution is 6.53. The summed E-state index contributed by atoms with van der Waals surface area (Å²) < 4.78 is 6.64. The van der Waals surface area contributed by atoms with Crippen molar-refractivity contribution in [3.8, 4) is 0 Å². The van der Waals surface area contributed by atoms with Crippen molar-refractivity contribution in [3.63, 3.8) is 0 Å². The van der Waals surface area contributed by atoms with Crippen molar-refractivity contribution in [2.24, 2.45) is 0 Å². The second-order valence-corrected chi connectivity index (χ2v) is 11.9. The molecule has 0 saturated carbocycles. The molecular formula is C36H40BN6-. The van der Waals surface area contributed by atoms with Gasteiger partial charge in [0.1, 0.15) is 0 Å². The van der Waals surface area contributed by atoms with Crippen LogP contribution < -0.4 is 0 Å². The van der Waals surface area contributed by atoms with E-state index >= 15 is 0 Å². The molecule has 0 fully saturated rings. The summed E-state index contributed by atoms with van der Waals surface area (Å²) in [4.78, 5) is 0.